The summed E-state index contributed by atoms with van der Waals surface area (Å²) in [6.07, 6.45) is 1.76. The molecule has 0 radical (unpaired) electrons. The van der Waals surface area contributed by atoms with Gasteiger partial charge < -0.3 is 30.1 Å². The van der Waals surface area contributed by atoms with Crippen LogP contribution in [0.25, 0.3) is 11.2 Å². The number of hydrogen-bond donors (Lipinski definition) is 4. The zero-order chi connectivity index (χ0) is 22.2. The molecule has 176 valence electrons. The Hall–Kier alpha value is -2.79. The molecule has 0 bridgehead atoms. The lowest BCUT2D eigenvalue weighted by atomic mass is 10.1. The molecule has 2 fully saturated rings. The predicted octanol–water partition coefficient (Wildman–Crippen LogP) is 0.736. The topological polar surface area (TPSA) is 137 Å². The van der Waals surface area contributed by atoms with E-state index in [-0.39, 0.29) is 31.0 Å². The van der Waals surface area contributed by atoms with Gasteiger partial charge in [0.2, 0.25) is 5.91 Å². The van der Waals surface area contributed by atoms with E-state index in [4.69, 9.17) is 0 Å². The highest BCUT2D eigenvalue weighted by Crippen LogP contribution is 2.37. The molecule has 3 aromatic rings. The van der Waals surface area contributed by atoms with E-state index in [1.165, 1.54) is 6.33 Å². The number of benzene rings is 1. The molecular weight excluding hydrogens is 448 g/mol. The minimum Gasteiger partial charge on any atom is -0.396 e. The number of amides is 1. The first-order valence-electron chi connectivity index (χ1n) is 10.8. The average Bonchev–Trinajstić information content (AvgIpc) is 3.46. The highest BCUT2D eigenvalue weighted by atomic mass is 35.5. The molecule has 4 N–H and O–H groups in total. The van der Waals surface area contributed by atoms with Gasteiger partial charge >= 0.3 is 0 Å². The number of aromatic nitrogens is 4. The van der Waals surface area contributed by atoms with Crippen molar-refractivity contribution in [1.82, 2.24) is 24.4 Å². The third-order valence-electron chi connectivity index (χ3n) is 6.49. The zero-order valence-corrected chi connectivity index (χ0v) is 18.7. The Morgan fingerprint density at radius 1 is 1.09 bits per heavy atom. The van der Waals surface area contributed by atoms with Crippen LogP contribution in [0.3, 0.4) is 0 Å². The van der Waals surface area contributed by atoms with Crippen molar-refractivity contribution in [2.75, 3.05) is 18.5 Å². The number of aliphatic hydroxyl groups excluding tert-OH is 3. The van der Waals surface area contributed by atoms with Gasteiger partial charge in [0.15, 0.2) is 11.5 Å². The van der Waals surface area contributed by atoms with Gasteiger partial charge in [-0.15, -0.1) is 12.4 Å². The Balaban J connectivity index is 0.00000259. The molecule has 5 rings (SSSR count). The van der Waals surface area contributed by atoms with Crippen LogP contribution in [-0.4, -0.2) is 77.0 Å². The summed E-state index contributed by atoms with van der Waals surface area (Å²) in [6, 6.07) is 9.34. The fraction of sp³-hybridized carbons (Fsp3) is 0.455. The molecule has 10 nitrogen and oxygen atoms in total. The van der Waals surface area contributed by atoms with Crippen LogP contribution in [0.4, 0.5) is 5.82 Å². The summed E-state index contributed by atoms with van der Waals surface area (Å²) in [4.78, 5) is 27.4. The SMILES string of the molecule is Cl.O=C1C[C@H](Nc2ncnc3c2ncn3C2CC(CO)C(O)C2O)CN1Cc1ccccc1. The van der Waals surface area contributed by atoms with Crippen molar-refractivity contribution < 1.29 is 20.1 Å². The first-order valence-corrected chi connectivity index (χ1v) is 10.8. The molecule has 11 heteroatoms. The van der Waals surface area contributed by atoms with E-state index in [2.05, 4.69) is 20.3 Å². The number of likely N-dealkylation sites (tertiary alicyclic amines) is 1. The second-order valence-corrected chi connectivity index (χ2v) is 8.58. The van der Waals surface area contributed by atoms with E-state index >= 15 is 0 Å². The van der Waals surface area contributed by atoms with Gasteiger partial charge in [-0.25, -0.2) is 15.0 Å². The molecule has 4 unspecified atom stereocenters. The van der Waals surface area contributed by atoms with E-state index in [1.54, 1.807) is 10.9 Å². The molecule has 1 aromatic carbocycles. The summed E-state index contributed by atoms with van der Waals surface area (Å²) < 4.78 is 1.73. The molecule has 0 spiro atoms. The Kier molecular flexibility index (Phi) is 6.80. The second kappa shape index (κ2) is 9.60. The first kappa shape index (κ1) is 23.4. The van der Waals surface area contributed by atoms with Crippen LogP contribution >= 0.6 is 12.4 Å². The third kappa shape index (κ3) is 4.39. The number of hydrogen-bond acceptors (Lipinski definition) is 8. The van der Waals surface area contributed by atoms with Crippen molar-refractivity contribution in [3.05, 3.63) is 48.5 Å². The molecule has 33 heavy (non-hydrogen) atoms. The first-order chi connectivity index (χ1) is 15.5. The molecule has 1 saturated heterocycles. The van der Waals surface area contributed by atoms with Crippen LogP contribution in [0.2, 0.25) is 0 Å². The zero-order valence-electron chi connectivity index (χ0n) is 17.9. The lowest BCUT2D eigenvalue weighted by Gasteiger charge is -2.19. The van der Waals surface area contributed by atoms with E-state index in [0.29, 0.717) is 42.9 Å². The van der Waals surface area contributed by atoms with E-state index in [9.17, 15) is 20.1 Å². The average molecular weight is 475 g/mol. The lowest BCUT2D eigenvalue weighted by Crippen LogP contribution is -2.30. The molecule has 2 aliphatic rings. The Bertz CT molecular complexity index is 1110. The summed E-state index contributed by atoms with van der Waals surface area (Å²) in [5.74, 6) is 0.215. The molecule has 5 atom stereocenters. The van der Waals surface area contributed by atoms with Crippen molar-refractivity contribution in [2.45, 2.75) is 43.7 Å². The Morgan fingerprint density at radius 3 is 2.61 bits per heavy atom. The quantitative estimate of drug-likeness (QED) is 0.410. The molecular formula is C22H27ClN6O4. The third-order valence-corrected chi connectivity index (χ3v) is 6.49. The maximum absolute atomic E-state index is 12.5. The highest BCUT2D eigenvalue weighted by Gasteiger charge is 2.42. The fourth-order valence-electron chi connectivity index (χ4n) is 4.78. The summed E-state index contributed by atoms with van der Waals surface area (Å²) in [5, 5.41) is 33.4. The van der Waals surface area contributed by atoms with Crippen molar-refractivity contribution in [2.24, 2.45) is 5.92 Å². The van der Waals surface area contributed by atoms with Gasteiger partial charge in [-0.05, 0) is 12.0 Å². The summed E-state index contributed by atoms with van der Waals surface area (Å²) >= 11 is 0. The van der Waals surface area contributed by atoms with Gasteiger partial charge in [0.05, 0.1) is 24.5 Å². The maximum Gasteiger partial charge on any atom is 0.225 e. The summed E-state index contributed by atoms with van der Waals surface area (Å²) in [6.45, 7) is 0.934. The van der Waals surface area contributed by atoms with Gasteiger partial charge in [0.1, 0.15) is 17.9 Å². The van der Waals surface area contributed by atoms with Crippen LogP contribution in [-0.2, 0) is 11.3 Å². The fourth-order valence-corrected chi connectivity index (χ4v) is 4.78. The predicted molar refractivity (Wildman–Crippen MR) is 123 cm³/mol. The Morgan fingerprint density at radius 2 is 1.88 bits per heavy atom. The maximum atomic E-state index is 12.5. The number of nitrogens with one attached hydrogen (secondary N) is 1. The standard InChI is InChI=1S/C22H26N6O4.ClH/c29-10-14-6-16(20(32)19(14)31)28-12-25-18-21(23-11-24-22(18)28)26-15-7-17(30)27(9-15)8-13-4-2-1-3-5-13;/h1-5,11-12,14-16,19-20,29,31-32H,6-10H2,(H,23,24,26);1H/t14?,15-,16?,19?,20?;/m0./s1. The van der Waals surface area contributed by atoms with Crippen LogP contribution < -0.4 is 5.32 Å². The highest BCUT2D eigenvalue weighted by molar-refractivity contribution is 5.85. The normalized spacial score (nSPS) is 27.2. The van der Waals surface area contributed by atoms with Crippen molar-refractivity contribution in [3.8, 4) is 0 Å². The molecule has 1 amide bonds. The van der Waals surface area contributed by atoms with E-state index in [0.717, 1.165) is 5.56 Å². The number of carbonyl (C=O) groups is 1. The number of carbonyl (C=O) groups excluding carboxylic acids is 1. The van der Waals surface area contributed by atoms with Gasteiger partial charge in [-0.3, -0.25) is 4.79 Å². The molecule has 1 aliphatic heterocycles. The van der Waals surface area contributed by atoms with Gasteiger partial charge in [-0.2, -0.15) is 0 Å². The van der Waals surface area contributed by atoms with Crippen LogP contribution in [0.1, 0.15) is 24.4 Å². The second-order valence-electron chi connectivity index (χ2n) is 8.58. The molecule has 3 heterocycles. The molecule has 2 aromatic heterocycles. The lowest BCUT2D eigenvalue weighted by molar-refractivity contribution is -0.128. The van der Waals surface area contributed by atoms with Gasteiger partial charge in [0, 0.05) is 32.0 Å². The summed E-state index contributed by atoms with van der Waals surface area (Å²) in [7, 11) is 0. The van der Waals surface area contributed by atoms with Crippen molar-refractivity contribution >= 4 is 35.3 Å². The number of imidazole rings is 1. The van der Waals surface area contributed by atoms with E-state index < -0.39 is 24.2 Å². The minimum atomic E-state index is -1.02. The Labute approximate surface area is 196 Å². The monoisotopic (exact) mass is 474 g/mol. The van der Waals surface area contributed by atoms with Crippen LogP contribution in [0, 0.1) is 5.92 Å². The van der Waals surface area contributed by atoms with Crippen molar-refractivity contribution in [1.29, 1.82) is 0 Å². The number of halogens is 1. The van der Waals surface area contributed by atoms with Crippen LogP contribution in [0.15, 0.2) is 43.0 Å². The van der Waals surface area contributed by atoms with Crippen LogP contribution in [0.5, 0.6) is 0 Å². The van der Waals surface area contributed by atoms with Gasteiger partial charge in [0.25, 0.3) is 0 Å². The molecule has 1 aliphatic carbocycles. The van der Waals surface area contributed by atoms with E-state index in [1.807, 2.05) is 35.2 Å². The summed E-state index contributed by atoms with van der Waals surface area (Å²) in [5.41, 5.74) is 2.15. The van der Waals surface area contributed by atoms with Gasteiger partial charge in [-0.1, -0.05) is 30.3 Å². The smallest absolute Gasteiger partial charge is 0.225 e. The number of aliphatic hydroxyl groups is 3. The minimum absolute atomic E-state index is 0. The number of nitrogens with zero attached hydrogens (tertiary/aromatic N) is 5. The number of anilines is 1. The number of fused-ring (bicyclic) bond motifs is 1. The largest absolute Gasteiger partial charge is 0.396 e. The van der Waals surface area contributed by atoms with Crippen molar-refractivity contribution in [3.63, 3.8) is 0 Å². The number of rotatable bonds is 6. The molecule has 1 saturated carbocycles.